The quantitative estimate of drug-likeness (QED) is 0.690. The van der Waals surface area contributed by atoms with Crippen LogP contribution in [0.5, 0.6) is 0 Å². The van der Waals surface area contributed by atoms with Crippen molar-refractivity contribution in [2.24, 2.45) is 0 Å². The van der Waals surface area contributed by atoms with Crippen LogP contribution in [-0.4, -0.2) is 60.5 Å². The van der Waals surface area contributed by atoms with Crippen molar-refractivity contribution in [3.63, 3.8) is 0 Å². The second-order valence-electron chi connectivity index (χ2n) is 4.69. The number of likely N-dealkylation sites (N-methyl/N-ethyl adjacent to an activating group) is 1. The summed E-state index contributed by atoms with van der Waals surface area (Å²) in [5.41, 5.74) is 1.11. The van der Waals surface area contributed by atoms with Gasteiger partial charge in [-0.25, -0.2) is 4.79 Å². The van der Waals surface area contributed by atoms with Crippen molar-refractivity contribution in [1.29, 1.82) is 0 Å². The molecule has 1 aromatic rings. The van der Waals surface area contributed by atoms with Crippen LogP contribution < -0.4 is 5.32 Å². The number of aliphatic carboxylic acids is 1. The molecule has 3 N–H and O–H groups in total. The fourth-order valence-electron chi connectivity index (χ4n) is 1.80. The topological polar surface area (TPSA) is 99.1 Å². The second kappa shape index (κ2) is 8.23. The molecule has 2 amide bonds. The highest BCUT2D eigenvalue weighted by atomic mass is 16.5. The van der Waals surface area contributed by atoms with Gasteiger partial charge in [-0.3, -0.25) is 4.79 Å². The van der Waals surface area contributed by atoms with Crippen molar-refractivity contribution in [2.75, 3.05) is 32.6 Å². The lowest BCUT2D eigenvalue weighted by atomic mass is 10.1. The van der Waals surface area contributed by atoms with Gasteiger partial charge in [-0.15, -0.1) is 0 Å². The van der Waals surface area contributed by atoms with Crippen molar-refractivity contribution in [1.82, 2.24) is 4.90 Å². The first kappa shape index (κ1) is 16.9. The van der Waals surface area contributed by atoms with Crippen molar-refractivity contribution >= 4 is 17.7 Å². The highest BCUT2D eigenvalue weighted by Crippen LogP contribution is 2.12. The number of hydrogen-bond donors (Lipinski definition) is 3. The molecule has 1 rings (SSSR count). The summed E-state index contributed by atoms with van der Waals surface area (Å²) in [6, 6.07) is 6.23. The van der Waals surface area contributed by atoms with Crippen LogP contribution in [0.4, 0.5) is 10.5 Å². The average molecular weight is 296 g/mol. The molecule has 0 radical (unpaired) electrons. The summed E-state index contributed by atoms with van der Waals surface area (Å²) < 4.78 is 4.79. The van der Waals surface area contributed by atoms with Crippen LogP contribution in [-0.2, 0) is 16.0 Å². The summed E-state index contributed by atoms with van der Waals surface area (Å²) >= 11 is 0. The molecule has 0 fully saturated rings. The van der Waals surface area contributed by atoms with Gasteiger partial charge in [0.25, 0.3) is 0 Å². The van der Waals surface area contributed by atoms with Crippen LogP contribution in [0.1, 0.15) is 5.56 Å². The van der Waals surface area contributed by atoms with Crippen LogP contribution >= 0.6 is 0 Å². The number of nitrogens with one attached hydrogen (secondary N) is 1. The molecule has 1 aromatic carbocycles. The lowest BCUT2D eigenvalue weighted by Gasteiger charge is -2.21. The number of aliphatic hydroxyl groups excluding tert-OH is 1. The van der Waals surface area contributed by atoms with E-state index in [1.807, 2.05) is 0 Å². The monoisotopic (exact) mass is 296 g/mol. The van der Waals surface area contributed by atoms with Gasteiger partial charge in [0.2, 0.25) is 0 Å². The first-order chi connectivity index (χ1) is 9.92. The number of ether oxygens (including phenoxy) is 1. The molecule has 0 saturated heterocycles. The van der Waals surface area contributed by atoms with Gasteiger partial charge in [0, 0.05) is 19.8 Å². The van der Waals surface area contributed by atoms with E-state index in [0.29, 0.717) is 11.3 Å². The average Bonchev–Trinajstić information content (AvgIpc) is 2.38. The predicted octanol–water partition coefficient (Wildman–Crippen LogP) is 0.785. The number of anilines is 1. The van der Waals surface area contributed by atoms with E-state index in [0.717, 1.165) is 0 Å². The zero-order valence-corrected chi connectivity index (χ0v) is 12.1. The number of benzene rings is 1. The lowest BCUT2D eigenvalue weighted by molar-refractivity contribution is -0.136. The molecule has 7 heteroatoms. The van der Waals surface area contributed by atoms with E-state index in [1.165, 1.54) is 12.0 Å². The Balaban J connectivity index is 2.59. The molecular weight excluding hydrogens is 276 g/mol. The van der Waals surface area contributed by atoms with Crippen LogP contribution in [0.3, 0.4) is 0 Å². The fraction of sp³-hybridized carbons (Fsp3) is 0.429. The zero-order valence-electron chi connectivity index (χ0n) is 12.1. The van der Waals surface area contributed by atoms with E-state index < -0.39 is 18.1 Å². The Morgan fingerprint density at radius 1 is 1.43 bits per heavy atom. The van der Waals surface area contributed by atoms with Gasteiger partial charge >= 0.3 is 12.0 Å². The third-order valence-electron chi connectivity index (χ3n) is 2.72. The Morgan fingerprint density at radius 3 is 2.76 bits per heavy atom. The molecule has 1 atom stereocenters. The smallest absolute Gasteiger partial charge is 0.321 e. The third kappa shape index (κ3) is 6.24. The maximum atomic E-state index is 11.9. The fourth-order valence-corrected chi connectivity index (χ4v) is 1.80. The molecule has 0 aliphatic carbocycles. The third-order valence-corrected chi connectivity index (χ3v) is 2.72. The Bertz CT molecular complexity index is 492. The molecule has 0 saturated carbocycles. The van der Waals surface area contributed by atoms with E-state index in [-0.39, 0.29) is 19.6 Å². The van der Waals surface area contributed by atoms with Gasteiger partial charge in [-0.1, -0.05) is 12.1 Å². The summed E-state index contributed by atoms with van der Waals surface area (Å²) in [4.78, 5) is 23.9. The van der Waals surface area contributed by atoms with E-state index in [2.05, 4.69) is 5.32 Å². The molecule has 0 spiro atoms. The number of carbonyl (C=O) groups is 2. The summed E-state index contributed by atoms with van der Waals surface area (Å²) in [5.74, 6) is -0.932. The Kier molecular flexibility index (Phi) is 6.64. The number of carboxylic acid groups (broad SMARTS) is 1. The molecule has 116 valence electrons. The van der Waals surface area contributed by atoms with E-state index in [1.54, 1.807) is 31.3 Å². The molecule has 0 bridgehead atoms. The van der Waals surface area contributed by atoms with E-state index in [9.17, 15) is 14.7 Å². The normalized spacial score (nSPS) is 11.8. The van der Waals surface area contributed by atoms with Crippen molar-refractivity contribution < 1.29 is 24.5 Å². The maximum absolute atomic E-state index is 11.9. The molecular formula is C14H20N2O5. The Labute approximate surface area is 123 Å². The minimum atomic E-state index is -0.932. The minimum Gasteiger partial charge on any atom is -0.481 e. The van der Waals surface area contributed by atoms with Crippen molar-refractivity contribution in [3.8, 4) is 0 Å². The number of hydrogen-bond acceptors (Lipinski definition) is 4. The van der Waals surface area contributed by atoms with Crippen LogP contribution in [0.25, 0.3) is 0 Å². The Morgan fingerprint density at radius 2 is 2.14 bits per heavy atom. The summed E-state index contributed by atoms with van der Waals surface area (Å²) in [6.45, 7) is 0.278. The van der Waals surface area contributed by atoms with Gasteiger partial charge in [0.15, 0.2) is 0 Å². The van der Waals surface area contributed by atoms with Crippen LogP contribution in [0, 0.1) is 0 Å². The number of methoxy groups -OCH3 is 1. The zero-order chi connectivity index (χ0) is 15.8. The highest BCUT2D eigenvalue weighted by Gasteiger charge is 2.14. The standard InChI is InChI=1S/C14H20N2O5/c1-16(8-12(17)9-21-2)14(20)15-11-5-3-4-10(6-11)7-13(18)19/h3-6,12,17H,7-9H2,1-2H3,(H,15,20)(H,18,19). The van der Waals surface area contributed by atoms with Crippen molar-refractivity contribution in [3.05, 3.63) is 29.8 Å². The van der Waals surface area contributed by atoms with Crippen LogP contribution in [0.15, 0.2) is 24.3 Å². The first-order valence-electron chi connectivity index (χ1n) is 6.42. The largest absolute Gasteiger partial charge is 0.481 e. The molecule has 1 unspecified atom stereocenters. The summed E-state index contributed by atoms with van der Waals surface area (Å²) in [5, 5.41) is 21.0. The first-order valence-corrected chi connectivity index (χ1v) is 6.42. The summed E-state index contributed by atoms with van der Waals surface area (Å²) in [7, 11) is 3.02. The molecule has 0 heterocycles. The second-order valence-corrected chi connectivity index (χ2v) is 4.69. The van der Waals surface area contributed by atoms with Gasteiger partial charge in [0.1, 0.15) is 0 Å². The van der Waals surface area contributed by atoms with Crippen molar-refractivity contribution in [2.45, 2.75) is 12.5 Å². The predicted molar refractivity (Wildman–Crippen MR) is 77.3 cm³/mol. The highest BCUT2D eigenvalue weighted by molar-refractivity contribution is 5.89. The van der Waals surface area contributed by atoms with E-state index >= 15 is 0 Å². The lowest BCUT2D eigenvalue weighted by Crippen LogP contribution is -2.38. The van der Waals surface area contributed by atoms with Gasteiger partial charge in [0.05, 0.1) is 25.7 Å². The van der Waals surface area contributed by atoms with Gasteiger partial charge in [-0.05, 0) is 17.7 Å². The number of rotatable bonds is 7. The van der Waals surface area contributed by atoms with E-state index in [4.69, 9.17) is 9.84 Å². The number of urea groups is 1. The van der Waals surface area contributed by atoms with Gasteiger partial charge in [-0.2, -0.15) is 0 Å². The number of amides is 2. The molecule has 0 aliphatic rings. The number of carbonyl (C=O) groups excluding carboxylic acids is 1. The van der Waals surface area contributed by atoms with Crippen LogP contribution in [0.2, 0.25) is 0 Å². The Hall–Kier alpha value is -2.12. The maximum Gasteiger partial charge on any atom is 0.321 e. The SMILES string of the molecule is COCC(O)CN(C)C(=O)Nc1cccc(CC(=O)O)c1. The molecule has 21 heavy (non-hydrogen) atoms. The minimum absolute atomic E-state index is 0.105. The number of nitrogens with zero attached hydrogens (tertiary/aromatic N) is 1. The molecule has 7 nitrogen and oxygen atoms in total. The molecule has 0 aliphatic heterocycles. The van der Waals surface area contributed by atoms with Gasteiger partial charge < -0.3 is 25.2 Å². The summed E-state index contributed by atoms with van der Waals surface area (Å²) in [6.07, 6.45) is -0.865. The number of aliphatic hydroxyl groups is 1. The number of carboxylic acids is 1. The molecule has 0 aromatic heterocycles.